The zero-order valence-corrected chi connectivity index (χ0v) is 9.88. The number of benzene rings is 1. The Kier molecular flexibility index (Phi) is 4.71. The predicted octanol–water partition coefficient (Wildman–Crippen LogP) is 1.74. The number of para-hydroxylation sites is 1. The van der Waals surface area contributed by atoms with E-state index in [9.17, 15) is 9.18 Å². The summed E-state index contributed by atoms with van der Waals surface area (Å²) >= 11 is 5.74. The molecule has 5 nitrogen and oxygen atoms in total. The van der Waals surface area contributed by atoms with E-state index in [1.54, 1.807) is 6.92 Å². The smallest absolute Gasteiger partial charge is 0.321 e. The van der Waals surface area contributed by atoms with Gasteiger partial charge in [-0.3, -0.25) is 5.32 Å². The van der Waals surface area contributed by atoms with Gasteiger partial charge in [0, 0.05) is 6.54 Å². The standard InChI is InChI=1S/C10H12ClFN4O/c1-2-14-10(17)16-9(13)15-8-6(11)4-3-5-7(8)12/h3-5H,2H2,1H3,(H4,13,14,15,16,17). The van der Waals surface area contributed by atoms with Gasteiger partial charge in [-0.2, -0.15) is 0 Å². The van der Waals surface area contributed by atoms with Gasteiger partial charge in [0.05, 0.1) is 5.02 Å². The summed E-state index contributed by atoms with van der Waals surface area (Å²) in [6, 6.07) is 3.61. The summed E-state index contributed by atoms with van der Waals surface area (Å²) in [6.45, 7) is 2.19. The van der Waals surface area contributed by atoms with Crippen molar-refractivity contribution < 1.29 is 9.18 Å². The lowest BCUT2D eigenvalue weighted by Gasteiger charge is -2.05. The number of guanidine groups is 1. The number of amides is 2. The summed E-state index contributed by atoms with van der Waals surface area (Å²) in [6.07, 6.45) is 0. The van der Waals surface area contributed by atoms with Crippen molar-refractivity contribution in [3.8, 4) is 0 Å². The fourth-order valence-electron chi connectivity index (χ4n) is 1.07. The van der Waals surface area contributed by atoms with Crippen molar-refractivity contribution in [2.75, 3.05) is 6.54 Å². The van der Waals surface area contributed by atoms with Gasteiger partial charge in [0.2, 0.25) is 5.96 Å². The van der Waals surface area contributed by atoms with E-state index >= 15 is 0 Å². The number of halogens is 2. The highest BCUT2D eigenvalue weighted by Crippen LogP contribution is 2.27. The average Bonchev–Trinajstić information content (AvgIpc) is 2.24. The fraction of sp³-hybridized carbons (Fsp3) is 0.200. The van der Waals surface area contributed by atoms with Crippen molar-refractivity contribution in [1.29, 1.82) is 0 Å². The first-order chi connectivity index (χ1) is 8.04. The summed E-state index contributed by atoms with van der Waals surface area (Å²) < 4.78 is 13.3. The molecule has 0 heterocycles. The molecule has 4 N–H and O–H groups in total. The number of nitrogens with zero attached hydrogens (tertiary/aromatic N) is 1. The SMILES string of the molecule is CCNC(=O)NC(N)=Nc1c(F)cccc1Cl. The van der Waals surface area contributed by atoms with E-state index in [0.717, 1.165) is 0 Å². The monoisotopic (exact) mass is 258 g/mol. The maximum absolute atomic E-state index is 13.3. The number of aliphatic imine (C=N–C) groups is 1. The van der Waals surface area contributed by atoms with E-state index in [1.807, 2.05) is 0 Å². The molecule has 0 saturated carbocycles. The number of nitrogens with two attached hydrogens (primary N) is 1. The maximum Gasteiger partial charge on any atom is 0.321 e. The van der Waals surface area contributed by atoms with Crippen molar-refractivity contribution in [2.45, 2.75) is 6.92 Å². The van der Waals surface area contributed by atoms with Crippen LogP contribution in [0.5, 0.6) is 0 Å². The minimum atomic E-state index is -0.613. The molecule has 1 aromatic carbocycles. The Bertz CT molecular complexity index is 430. The van der Waals surface area contributed by atoms with Crippen LogP contribution in [0, 0.1) is 5.82 Å². The lowest BCUT2D eigenvalue weighted by molar-refractivity contribution is 0.245. The third kappa shape index (κ3) is 3.92. The first-order valence-corrected chi connectivity index (χ1v) is 5.25. The van der Waals surface area contributed by atoms with Crippen LogP contribution in [0.2, 0.25) is 5.02 Å². The zero-order valence-electron chi connectivity index (χ0n) is 9.13. The Morgan fingerprint density at radius 2 is 2.29 bits per heavy atom. The number of rotatable bonds is 2. The summed E-state index contributed by atoms with van der Waals surface area (Å²) in [5.74, 6) is -0.846. The summed E-state index contributed by atoms with van der Waals surface area (Å²) in [5, 5.41) is 4.81. The van der Waals surface area contributed by atoms with Crippen LogP contribution >= 0.6 is 11.6 Å². The molecule has 92 valence electrons. The molecular weight excluding hydrogens is 247 g/mol. The van der Waals surface area contributed by atoms with Gasteiger partial charge < -0.3 is 11.1 Å². The van der Waals surface area contributed by atoms with Crippen molar-refractivity contribution in [3.05, 3.63) is 29.0 Å². The van der Waals surface area contributed by atoms with Gasteiger partial charge in [0.25, 0.3) is 0 Å². The Morgan fingerprint density at radius 1 is 1.59 bits per heavy atom. The van der Waals surface area contributed by atoms with Crippen LogP contribution in [-0.2, 0) is 0 Å². The average molecular weight is 259 g/mol. The Hall–Kier alpha value is -1.82. The lowest BCUT2D eigenvalue weighted by atomic mass is 10.3. The second-order valence-electron chi connectivity index (χ2n) is 3.05. The number of carbonyl (C=O) groups is 1. The molecule has 0 saturated heterocycles. The molecule has 0 spiro atoms. The van der Waals surface area contributed by atoms with Gasteiger partial charge >= 0.3 is 6.03 Å². The predicted molar refractivity (Wildman–Crippen MR) is 64.9 cm³/mol. The third-order valence-electron chi connectivity index (χ3n) is 1.75. The molecule has 0 aromatic heterocycles. The maximum atomic E-state index is 13.3. The highest BCUT2D eigenvalue weighted by molar-refractivity contribution is 6.33. The van der Waals surface area contributed by atoms with Crippen LogP contribution in [0.1, 0.15) is 6.92 Å². The Labute approximate surface area is 103 Å². The van der Waals surface area contributed by atoms with Gasteiger partial charge in [-0.15, -0.1) is 0 Å². The minimum absolute atomic E-state index is 0.108. The topological polar surface area (TPSA) is 79.5 Å². The molecule has 0 aliphatic heterocycles. The molecule has 1 rings (SSSR count). The van der Waals surface area contributed by atoms with Gasteiger partial charge in [0.15, 0.2) is 0 Å². The van der Waals surface area contributed by atoms with Crippen molar-refractivity contribution in [3.63, 3.8) is 0 Å². The van der Waals surface area contributed by atoms with E-state index in [4.69, 9.17) is 17.3 Å². The molecule has 7 heteroatoms. The van der Waals surface area contributed by atoms with Crippen LogP contribution < -0.4 is 16.4 Å². The fourth-order valence-corrected chi connectivity index (χ4v) is 1.27. The van der Waals surface area contributed by atoms with Crippen LogP contribution in [0.15, 0.2) is 23.2 Å². The van der Waals surface area contributed by atoms with E-state index in [1.165, 1.54) is 18.2 Å². The number of urea groups is 1. The van der Waals surface area contributed by atoms with E-state index in [0.29, 0.717) is 6.54 Å². The lowest BCUT2D eigenvalue weighted by Crippen LogP contribution is -2.43. The van der Waals surface area contributed by atoms with Crippen LogP contribution in [0.4, 0.5) is 14.9 Å². The number of carbonyl (C=O) groups excluding carboxylic acids is 1. The highest BCUT2D eigenvalue weighted by atomic mass is 35.5. The largest absolute Gasteiger partial charge is 0.369 e. The molecule has 17 heavy (non-hydrogen) atoms. The first kappa shape index (κ1) is 13.2. The molecule has 0 aliphatic carbocycles. The van der Waals surface area contributed by atoms with E-state index in [-0.39, 0.29) is 16.7 Å². The number of hydrogen-bond acceptors (Lipinski definition) is 2. The van der Waals surface area contributed by atoms with Gasteiger partial charge in [-0.05, 0) is 19.1 Å². The zero-order chi connectivity index (χ0) is 12.8. The van der Waals surface area contributed by atoms with Gasteiger partial charge in [-0.25, -0.2) is 14.2 Å². The summed E-state index contributed by atoms with van der Waals surface area (Å²) in [5.41, 5.74) is 5.32. The number of nitrogens with one attached hydrogen (secondary N) is 2. The summed E-state index contributed by atoms with van der Waals surface area (Å²) in [4.78, 5) is 14.8. The molecule has 2 amide bonds. The first-order valence-electron chi connectivity index (χ1n) is 4.87. The molecule has 0 radical (unpaired) electrons. The van der Waals surface area contributed by atoms with Crippen LogP contribution in [-0.4, -0.2) is 18.5 Å². The second kappa shape index (κ2) is 6.05. The van der Waals surface area contributed by atoms with Crippen LogP contribution in [0.3, 0.4) is 0 Å². The molecule has 0 aliphatic rings. The third-order valence-corrected chi connectivity index (χ3v) is 2.05. The second-order valence-corrected chi connectivity index (χ2v) is 3.46. The minimum Gasteiger partial charge on any atom is -0.369 e. The molecule has 0 unspecified atom stereocenters. The molecule has 0 bridgehead atoms. The Balaban J connectivity index is 2.84. The quantitative estimate of drug-likeness (QED) is 0.558. The van der Waals surface area contributed by atoms with Crippen molar-refractivity contribution >= 4 is 29.3 Å². The van der Waals surface area contributed by atoms with Gasteiger partial charge in [-0.1, -0.05) is 17.7 Å². The number of hydrogen-bond donors (Lipinski definition) is 3. The van der Waals surface area contributed by atoms with E-state index < -0.39 is 11.8 Å². The molecule has 0 fully saturated rings. The van der Waals surface area contributed by atoms with E-state index in [2.05, 4.69) is 15.6 Å². The van der Waals surface area contributed by atoms with Crippen LogP contribution in [0.25, 0.3) is 0 Å². The normalized spacial score (nSPS) is 11.1. The molecular formula is C10H12ClFN4O. The van der Waals surface area contributed by atoms with Crippen molar-refractivity contribution in [1.82, 2.24) is 10.6 Å². The highest BCUT2D eigenvalue weighted by Gasteiger charge is 2.07. The van der Waals surface area contributed by atoms with Gasteiger partial charge in [0.1, 0.15) is 11.5 Å². The molecule has 1 aromatic rings. The molecule has 0 atom stereocenters. The summed E-state index contributed by atoms with van der Waals surface area (Å²) in [7, 11) is 0. The Morgan fingerprint density at radius 3 is 2.88 bits per heavy atom. The van der Waals surface area contributed by atoms with Crippen molar-refractivity contribution in [2.24, 2.45) is 10.7 Å².